The zero-order chi connectivity index (χ0) is 19.6. The van der Waals surface area contributed by atoms with Crippen molar-refractivity contribution in [3.63, 3.8) is 0 Å². The molecule has 0 radical (unpaired) electrons. The molecule has 1 aromatic rings. The highest BCUT2D eigenvalue weighted by molar-refractivity contribution is 7.14. The van der Waals surface area contributed by atoms with Crippen molar-refractivity contribution in [3.05, 3.63) is 21.4 Å². The predicted molar refractivity (Wildman–Crippen MR) is 108 cm³/mol. The van der Waals surface area contributed by atoms with Crippen molar-refractivity contribution in [2.24, 2.45) is 0 Å². The molecule has 1 aromatic heterocycles. The summed E-state index contributed by atoms with van der Waals surface area (Å²) in [5, 5.41) is 0. The molecule has 0 fully saturated rings. The van der Waals surface area contributed by atoms with Crippen LogP contribution in [-0.2, 0) is 22.4 Å². The van der Waals surface area contributed by atoms with Gasteiger partial charge >= 0.3 is 0 Å². The highest BCUT2D eigenvalue weighted by Crippen LogP contribution is 2.28. The third-order valence-corrected chi connectivity index (χ3v) is 6.18. The van der Waals surface area contributed by atoms with Crippen LogP contribution in [0.2, 0.25) is 0 Å². The number of hydrogen-bond donors (Lipinski definition) is 2. The van der Waals surface area contributed by atoms with Gasteiger partial charge in [0.25, 0.3) is 5.91 Å². The van der Waals surface area contributed by atoms with Crippen LogP contribution in [0.15, 0.2) is 6.07 Å². The minimum atomic E-state index is -0.273. The lowest BCUT2D eigenvalue weighted by Crippen LogP contribution is -2.41. The Morgan fingerprint density at radius 1 is 1.00 bits per heavy atom. The monoisotopic (exact) mass is 393 g/mol. The van der Waals surface area contributed by atoms with Crippen LogP contribution in [0.4, 0.5) is 0 Å². The fraction of sp³-hybridized carbons (Fsp3) is 0.650. The van der Waals surface area contributed by atoms with Crippen LogP contribution in [-0.4, -0.2) is 35.7 Å². The number of thiophene rings is 1. The Labute approximate surface area is 165 Å². The molecular formula is C20H31N3O3S. The molecule has 0 bridgehead atoms. The maximum atomic E-state index is 12.3. The van der Waals surface area contributed by atoms with Gasteiger partial charge in [-0.1, -0.05) is 12.8 Å². The molecular weight excluding hydrogens is 362 g/mol. The molecule has 0 saturated carbocycles. The Bertz CT molecular complexity index is 627. The lowest BCUT2D eigenvalue weighted by Gasteiger charge is -2.18. The summed E-state index contributed by atoms with van der Waals surface area (Å²) >= 11 is 1.53. The standard InChI is InChI=1S/C20H31N3O3S/c1-3-23(4-2)19(25)13-9-12-18(24)21-22-20(26)17-14-15-10-7-5-6-8-11-16(15)27-17/h14H,3-13H2,1-2H3,(H,21,24)(H,22,26). The first-order valence-corrected chi connectivity index (χ1v) is 10.8. The topological polar surface area (TPSA) is 78.5 Å². The normalized spacial score (nSPS) is 13.9. The molecule has 150 valence electrons. The van der Waals surface area contributed by atoms with Crippen LogP contribution in [0.1, 0.15) is 78.9 Å². The highest BCUT2D eigenvalue weighted by Gasteiger charge is 2.16. The van der Waals surface area contributed by atoms with Gasteiger partial charge in [-0.05, 0) is 57.6 Å². The number of hydrogen-bond acceptors (Lipinski definition) is 4. The van der Waals surface area contributed by atoms with E-state index in [1.165, 1.54) is 47.5 Å². The molecule has 2 rings (SSSR count). The van der Waals surface area contributed by atoms with Gasteiger partial charge in [0.05, 0.1) is 4.88 Å². The molecule has 0 aliphatic heterocycles. The number of amides is 3. The molecule has 6 nitrogen and oxygen atoms in total. The van der Waals surface area contributed by atoms with Crippen molar-refractivity contribution in [1.82, 2.24) is 15.8 Å². The lowest BCUT2D eigenvalue weighted by atomic mass is 10.00. The maximum absolute atomic E-state index is 12.3. The summed E-state index contributed by atoms with van der Waals surface area (Å²) in [6.45, 7) is 5.25. The van der Waals surface area contributed by atoms with Gasteiger partial charge in [0.2, 0.25) is 11.8 Å². The van der Waals surface area contributed by atoms with Crippen molar-refractivity contribution in [2.75, 3.05) is 13.1 Å². The van der Waals surface area contributed by atoms with E-state index in [1.807, 2.05) is 19.9 Å². The van der Waals surface area contributed by atoms with E-state index in [-0.39, 0.29) is 24.1 Å². The van der Waals surface area contributed by atoms with Crippen LogP contribution in [0, 0.1) is 0 Å². The van der Waals surface area contributed by atoms with Gasteiger partial charge in [0, 0.05) is 30.8 Å². The van der Waals surface area contributed by atoms with Gasteiger partial charge in [-0.2, -0.15) is 0 Å². The van der Waals surface area contributed by atoms with Crippen LogP contribution in [0.25, 0.3) is 0 Å². The van der Waals surface area contributed by atoms with E-state index in [4.69, 9.17) is 0 Å². The Morgan fingerprint density at radius 2 is 1.70 bits per heavy atom. The molecule has 1 aliphatic carbocycles. The van der Waals surface area contributed by atoms with E-state index in [2.05, 4.69) is 10.9 Å². The minimum absolute atomic E-state index is 0.0628. The van der Waals surface area contributed by atoms with E-state index < -0.39 is 0 Å². The first-order chi connectivity index (χ1) is 13.0. The largest absolute Gasteiger partial charge is 0.343 e. The van der Waals surface area contributed by atoms with Crippen LogP contribution in [0.5, 0.6) is 0 Å². The maximum Gasteiger partial charge on any atom is 0.279 e. The molecule has 0 spiro atoms. The number of carbonyl (C=O) groups excluding carboxylic acids is 3. The Hall–Kier alpha value is -1.89. The number of hydrazine groups is 1. The lowest BCUT2D eigenvalue weighted by molar-refractivity contribution is -0.131. The summed E-state index contributed by atoms with van der Waals surface area (Å²) in [5.41, 5.74) is 6.24. The van der Waals surface area contributed by atoms with Crippen LogP contribution >= 0.6 is 11.3 Å². The summed E-state index contributed by atoms with van der Waals surface area (Å²) < 4.78 is 0. The van der Waals surface area contributed by atoms with Gasteiger partial charge in [-0.15, -0.1) is 11.3 Å². The second-order valence-corrected chi connectivity index (χ2v) is 8.03. The molecule has 0 unspecified atom stereocenters. The molecule has 3 amide bonds. The second kappa shape index (κ2) is 11.1. The van der Waals surface area contributed by atoms with E-state index in [1.54, 1.807) is 4.90 Å². The Kier molecular flexibility index (Phi) is 8.78. The SMILES string of the molecule is CCN(CC)C(=O)CCCC(=O)NNC(=O)c1cc2c(s1)CCCCCC2. The molecule has 0 saturated heterocycles. The smallest absolute Gasteiger partial charge is 0.279 e. The number of rotatable bonds is 7. The van der Waals surface area contributed by atoms with Gasteiger partial charge < -0.3 is 4.90 Å². The molecule has 2 N–H and O–H groups in total. The highest BCUT2D eigenvalue weighted by atomic mass is 32.1. The first-order valence-electron chi connectivity index (χ1n) is 10.0. The van der Waals surface area contributed by atoms with Gasteiger partial charge in [0.1, 0.15) is 0 Å². The number of nitrogens with zero attached hydrogens (tertiary/aromatic N) is 1. The summed E-state index contributed by atoms with van der Waals surface area (Å²) in [6.07, 6.45) is 7.98. The van der Waals surface area contributed by atoms with E-state index in [0.29, 0.717) is 30.8 Å². The van der Waals surface area contributed by atoms with E-state index in [0.717, 1.165) is 12.8 Å². The van der Waals surface area contributed by atoms with E-state index in [9.17, 15) is 14.4 Å². The average Bonchev–Trinajstić information content (AvgIpc) is 3.03. The fourth-order valence-corrected chi connectivity index (χ4v) is 4.49. The van der Waals surface area contributed by atoms with Crippen molar-refractivity contribution in [2.45, 2.75) is 71.6 Å². The van der Waals surface area contributed by atoms with Gasteiger partial charge in [-0.25, -0.2) is 0 Å². The summed E-state index contributed by atoms with van der Waals surface area (Å²) in [4.78, 5) is 39.8. The third-order valence-electron chi connectivity index (χ3n) is 4.95. The zero-order valence-electron chi connectivity index (χ0n) is 16.4. The number of aryl methyl sites for hydroxylation is 2. The molecule has 0 atom stereocenters. The zero-order valence-corrected chi connectivity index (χ0v) is 17.3. The quantitative estimate of drug-likeness (QED) is 0.698. The first kappa shape index (κ1) is 21.4. The van der Waals surface area contributed by atoms with Crippen LogP contribution in [0.3, 0.4) is 0 Å². The predicted octanol–water partition coefficient (Wildman–Crippen LogP) is 3.21. The fourth-order valence-electron chi connectivity index (χ4n) is 3.34. The number of fused-ring (bicyclic) bond motifs is 1. The second-order valence-electron chi connectivity index (χ2n) is 6.90. The van der Waals surface area contributed by atoms with Crippen molar-refractivity contribution >= 4 is 29.1 Å². The molecule has 7 heteroatoms. The van der Waals surface area contributed by atoms with Gasteiger partial charge in [-0.3, -0.25) is 25.2 Å². The summed E-state index contributed by atoms with van der Waals surface area (Å²) in [7, 11) is 0. The van der Waals surface area contributed by atoms with Crippen molar-refractivity contribution in [1.29, 1.82) is 0 Å². The number of nitrogens with one attached hydrogen (secondary N) is 2. The Morgan fingerprint density at radius 3 is 2.41 bits per heavy atom. The molecule has 27 heavy (non-hydrogen) atoms. The number of carbonyl (C=O) groups is 3. The third kappa shape index (κ3) is 6.65. The summed E-state index contributed by atoms with van der Waals surface area (Å²) in [5.74, 6) is -0.474. The molecule has 0 aromatic carbocycles. The summed E-state index contributed by atoms with van der Waals surface area (Å²) in [6, 6.07) is 1.97. The molecule has 1 heterocycles. The van der Waals surface area contributed by atoms with Crippen molar-refractivity contribution < 1.29 is 14.4 Å². The average molecular weight is 394 g/mol. The van der Waals surface area contributed by atoms with Crippen LogP contribution < -0.4 is 10.9 Å². The van der Waals surface area contributed by atoms with E-state index >= 15 is 0 Å². The van der Waals surface area contributed by atoms with Gasteiger partial charge in [0.15, 0.2) is 0 Å². The molecule has 1 aliphatic rings. The van der Waals surface area contributed by atoms with Crippen molar-refractivity contribution in [3.8, 4) is 0 Å². The minimum Gasteiger partial charge on any atom is -0.343 e. The Balaban J connectivity index is 1.74.